The predicted molar refractivity (Wildman–Crippen MR) is 198 cm³/mol. The van der Waals surface area contributed by atoms with E-state index in [4.69, 9.17) is 4.42 Å². The fraction of sp³-hybridized carbons (Fsp3) is 0.182. The maximum Gasteiger partial charge on any atom is 0.137 e. The zero-order valence-electron chi connectivity index (χ0n) is 27.3. The molecule has 10 rings (SSSR count). The first kappa shape index (κ1) is 26.9. The Bertz CT molecular complexity index is 2730. The molecule has 228 valence electrons. The second-order valence-electron chi connectivity index (χ2n) is 14.8. The van der Waals surface area contributed by atoms with Crippen LogP contribution in [0.3, 0.4) is 0 Å². The van der Waals surface area contributed by atoms with Crippen LogP contribution in [0.5, 0.6) is 0 Å². The molecule has 1 aliphatic carbocycles. The second kappa shape index (κ2) is 9.17. The first-order valence-corrected chi connectivity index (χ1v) is 16.8. The largest absolute Gasteiger partial charge is 0.456 e. The SMILES string of the molecule is CC1(C)CCC(C)(C)c2cc3c(cc21)c1c2c4ccccc4n(-c4ccccc4)c2ccc1n3-c1cccc2oc3ccccc3c12. The highest BCUT2D eigenvalue weighted by molar-refractivity contribution is 6.29. The molecule has 47 heavy (non-hydrogen) atoms. The Morgan fingerprint density at radius 3 is 1.87 bits per heavy atom. The number of hydrogen-bond acceptors (Lipinski definition) is 1. The average Bonchev–Trinajstić information content (AvgIpc) is 3.74. The summed E-state index contributed by atoms with van der Waals surface area (Å²) in [4.78, 5) is 0. The molecule has 1 aliphatic rings. The summed E-state index contributed by atoms with van der Waals surface area (Å²) in [6.07, 6.45) is 2.36. The van der Waals surface area contributed by atoms with Gasteiger partial charge in [0.15, 0.2) is 0 Å². The molecule has 0 bridgehead atoms. The molecule has 3 heterocycles. The van der Waals surface area contributed by atoms with Crippen molar-refractivity contribution in [3.05, 3.63) is 132 Å². The molecule has 0 atom stereocenters. The maximum atomic E-state index is 6.43. The van der Waals surface area contributed by atoms with Crippen molar-refractivity contribution in [1.82, 2.24) is 9.13 Å². The van der Waals surface area contributed by atoms with Crippen LogP contribution in [0.1, 0.15) is 51.7 Å². The summed E-state index contributed by atoms with van der Waals surface area (Å²) in [7, 11) is 0. The van der Waals surface area contributed by atoms with Gasteiger partial charge in [0.25, 0.3) is 0 Å². The van der Waals surface area contributed by atoms with Gasteiger partial charge in [-0.05, 0) is 95.5 Å². The van der Waals surface area contributed by atoms with Gasteiger partial charge >= 0.3 is 0 Å². The molecule has 0 amide bonds. The predicted octanol–water partition coefficient (Wildman–Crippen LogP) is 12.1. The fourth-order valence-corrected chi connectivity index (χ4v) is 8.68. The van der Waals surface area contributed by atoms with E-state index in [2.05, 4.69) is 158 Å². The van der Waals surface area contributed by atoms with Crippen LogP contribution in [0.4, 0.5) is 0 Å². The summed E-state index contributed by atoms with van der Waals surface area (Å²) in [6.45, 7) is 9.72. The van der Waals surface area contributed by atoms with Crippen LogP contribution < -0.4 is 0 Å². The van der Waals surface area contributed by atoms with Crippen LogP contribution in [0.25, 0.3) is 76.9 Å². The fourth-order valence-electron chi connectivity index (χ4n) is 8.68. The molecule has 0 saturated carbocycles. The number of para-hydroxylation sites is 3. The summed E-state index contributed by atoms with van der Waals surface area (Å²) in [5, 5.41) is 7.52. The highest BCUT2D eigenvalue weighted by Gasteiger charge is 2.38. The van der Waals surface area contributed by atoms with Gasteiger partial charge in [-0.1, -0.05) is 88.4 Å². The molecule has 0 fully saturated rings. The molecule has 3 heteroatoms. The van der Waals surface area contributed by atoms with Gasteiger partial charge in [0, 0.05) is 32.6 Å². The molecule has 0 saturated heterocycles. The Morgan fingerprint density at radius 1 is 0.468 bits per heavy atom. The van der Waals surface area contributed by atoms with Gasteiger partial charge in [-0.2, -0.15) is 0 Å². The molecule has 9 aromatic rings. The van der Waals surface area contributed by atoms with Gasteiger partial charge in [-0.3, -0.25) is 0 Å². The smallest absolute Gasteiger partial charge is 0.137 e. The number of hydrogen-bond donors (Lipinski definition) is 0. The maximum absolute atomic E-state index is 6.43. The molecule has 0 N–H and O–H groups in total. The molecule has 0 radical (unpaired) electrons. The summed E-state index contributed by atoms with van der Waals surface area (Å²) < 4.78 is 11.4. The topological polar surface area (TPSA) is 23.0 Å². The first-order valence-electron chi connectivity index (χ1n) is 16.8. The van der Waals surface area contributed by atoms with Crippen molar-refractivity contribution in [3.63, 3.8) is 0 Å². The Balaban J connectivity index is 1.45. The normalized spacial score (nSPS) is 15.8. The first-order chi connectivity index (χ1) is 22.8. The number of fused-ring (bicyclic) bond motifs is 11. The third kappa shape index (κ3) is 3.57. The van der Waals surface area contributed by atoms with Crippen molar-refractivity contribution < 1.29 is 4.42 Å². The minimum atomic E-state index is 0.0906. The summed E-state index contributed by atoms with van der Waals surface area (Å²) >= 11 is 0. The molecular weight excluding hydrogens is 572 g/mol. The van der Waals surface area contributed by atoms with Crippen molar-refractivity contribution in [3.8, 4) is 11.4 Å². The van der Waals surface area contributed by atoms with Gasteiger partial charge < -0.3 is 13.6 Å². The van der Waals surface area contributed by atoms with Crippen LogP contribution >= 0.6 is 0 Å². The van der Waals surface area contributed by atoms with Crippen molar-refractivity contribution in [2.75, 3.05) is 0 Å². The van der Waals surface area contributed by atoms with E-state index in [9.17, 15) is 0 Å². The lowest BCUT2D eigenvalue weighted by Crippen LogP contribution is -2.33. The van der Waals surface area contributed by atoms with E-state index in [1.807, 2.05) is 0 Å². The second-order valence-corrected chi connectivity index (χ2v) is 14.8. The standard InChI is InChI=1S/C44H36N2O/c1-43(2)23-24-44(3,4)32-26-37-30(25-31(32)43)42-36(46(37)34-18-12-20-39-40(34)29-16-9-11-19-38(29)47-39)22-21-35-41(42)28-15-8-10-17-33(28)45(35)27-13-6-5-7-14-27/h5-22,25-26H,23-24H2,1-4H3. The lowest BCUT2D eigenvalue weighted by atomic mass is 9.63. The third-order valence-electron chi connectivity index (χ3n) is 11.2. The van der Waals surface area contributed by atoms with Crippen LogP contribution in [0.15, 0.2) is 126 Å². The van der Waals surface area contributed by atoms with Gasteiger partial charge in [0.2, 0.25) is 0 Å². The number of benzene rings is 6. The highest BCUT2D eigenvalue weighted by atomic mass is 16.3. The lowest BCUT2D eigenvalue weighted by Gasteiger charge is -2.42. The number of rotatable bonds is 2. The minimum Gasteiger partial charge on any atom is -0.456 e. The highest BCUT2D eigenvalue weighted by Crippen LogP contribution is 2.50. The number of nitrogens with zero attached hydrogens (tertiary/aromatic N) is 2. The van der Waals surface area contributed by atoms with E-state index in [0.717, 1.165) is 27.6 Å². The average molecular weight is 609 g/mol. The molecule has 0 aliphatic heterocycles. The van der Waals surface area contributed by atoms with E-state index in [1.54, 1.807) is 0 Å². The van der Waals surface area contributed by atoms with Crippen LogP contribution in [0.2, 0.25) is 0 Å². The summed E-state index contributed by atoms with van der Waals surface area (Å²) in [6, 6.07) is 44.4. The van der Waals surface area contributed by atoms with E-state index < -0.39 is 0 Å². The number of furan rings is 1. The van der Waals surface area contributed by atoms with Crippen LogP contribution in [-0.2, 0) is 10.8 Å². The molecule has 3 nitrogen and oxygen atoms in total. The van der Waals surface area contributed by atoms with Crippen molar-refractivity contribution in [2.24, 2.45) is 0 Å². The summed E-state index contributed by atoms with van der Waals surface area (Å²) in [5.74, 6) is 0. The van der Waals surface area contributed by atoms with Crippen molar-refractivity contribution in [2.45, 2.75) is 51.4 Å². The molecule has 0 unspecified atom stereocenters. The zero-order valence-corrected chi connectivity index (χ0v) is 27.3. The van der Waals surface area contributed by atoms with Crippen molar-refractivity contribution >= 4 is 65.6 Å². The van der Waals surface area contributed by atoms with E-state index in [0.29, 0.717) is 0 Å². The zero-order chi connectivity index (χ0) is 31.7. The van der Waals surface area contributed by atoms with Crippen molar-refractivity contribution in [1.29, 1.82) is 0 Å². The van der Waals surface area contributed by atoms with Crippen LogP contribution in [0, 0.1) is 0 Å². The van der Waals surface area contributed by atoms with E-state index in [-0.39, 0.29) is 10.8 Å². The summed E-state index contributed by atoms with van der Waals surface area (Å²) in [5.41, 5.74) is 12.2. The third-order valence-corrected chi connectivity index (χ3v) is 11.2. The van der Waals surface area contributed by atoms with E-state index in [1.165, 1.54) is 73.3 Å². The van der Waals surface area contributed by atoms with Gasteiger partial charge in [-0.25, -0.2) is 0 Å². The monoisotopic (exact) mass is 608 g/mol. The Hall–Kier alpha value is -5.28. The molecule has 3 aromatic heterocycles. The molecule has 6 aromatic carbocycles. The van der Waals surface area contributed by atoms with Crippen LogP contribution in [-0.4, -0.2) is 9.13 Å². The minimum absolute atomic E-state index is 0.0906. The molecule has 0 spiro atoms. The Labute approximate surface area is 273 Å². The Kier molecular flexibility index (Phi) is 5.24. The van der Waals surface area contributed by atoms with E-state index >= 15 is 0 Å². The quantitative estimate of drug-likeness (QED) is 0.191. The number of aromatic nitrogens is 2. The van der Waals surface area contributed by atoms with Gasteiger partial charge in [-0.15, -0.1) is 0 Å². The molecular formula is C44H36N2O. The Morgan fingerprint density at radius 2 is 1.09 bits per heavy atom. The van der Waals surface area contributed by atoms with Gasteiger partial charge in [0.05, 0.1) is 33.1 Å². The lowest BCUT2D eigenvalue weighted by molar-refractivity contribution is 0.332. The van der Waals surface area contributed by atoms with Gasteiger partial charge in [0.1, 0.15) is 11.2 Å².